The maximum absolute atomic E-state index is 9.41. The molecule has 4 heteroatoms. The van der Waals surface area contributed by atoms with E-state index in [1.54, 1.807) is 6.07 Å². The van der Waals surface area contributed by atoms with Crippen LogP contribution in [0.25, 0.3) is 21.4 Å². The first-order chi connectivity index (χ1) is 11.0. The number of nitrogens with zero attached hydrogens (tertiary/aromatic N) is 4. The third kappa shape index (κ3) is 1.67. The van der Waals surface area contributed by atoms with Gasteiger partial charge in [0.2, 0.25) is 6.20 Å². The second-order valence-electron chi connectivity index (χ2n) is 6.15. The van der Waals surface area contributed by atoms with Crippen molar-refractivity contribution >= 4 is 16.6 Å². The maximum Gasteiger partial charge on any atom is 0.205 e. The van der Waals surface area contributed by atoms with Gasteiger partial charge in [0.1, 0.15) is 11.2 Å². The Kier molecular flexibility index (Phi) is 2.62. The molecule has 0 radical (unpaired) electrons. The first-order valence-electron chi connectivity index (χ1n) is 7.52. The standard InChI is InChI=1S/C19H15N4/c1-11-5-12(2)19-16(13(11)3)9-22-10-17-14(8-20)6-15(21-4)7-18(17)23(19)22/h5-7,10H,9H2,1-3H3/q+1. The number of nitriles is 1. The molecule has 2 aromatic carbocycles. The molecule has 4 nitrogen and oxygen atoms in total. The summed E-state index contributed by atoms with van der Waals surface area (Å²) in [5, 5.41) is 10.3. The van der Waals surface area contributed by atoms with Crippen LogP contribution < -0.4 is 4.68 Å². The molecule has 0 aliphatic carbocycles. The lowest BCUT2D eigenvalue weighted by atomic mass is 9.98. The summed E-state index contributed by atoms with van der Waals surface area (Å²) in [7, 11) is 0. The highest BCUT2D eigenvalue weighted by Crippen LogP contribution is 2.34. The van der Waals surface area contributed by atoms with Crippen molar-refractivity contribution in [2.75, 3.05) is 0 Å². The predicted octanol–water partition coefficient (Wildman–Crippen LogP) is 3.63. The van der Waals surface area contributed by atoms with Gasteiger partial charge in [-0.1, -0.05) is 6.07 Å². The van der Waals surface area contributed by atoms with E-state index in [2.05, 4.69) is 47.1 Å². The van der Waals surface area contributed by atoms with Gasteiger partial charge in [-0.05, 0) is 49.6 Å². The maximum atomic E-state index is 9.41. The van der Waals surface area contributed by atoms with Crippen molar-refractivity contribution < 1.29 is 4.68 Å². The van der Waals surface area contributed by atoms with Gasteiger partial charge in [-0.25, -0.2) is 4.85 Å². The third-order valence-corrected chi connectivity index (χ3v) is 4.82. The summed E-state index contributed by atoms with van der Waals surface area (Å²) in [6.45, 7) is 14.5. The van der Waals surface area contributed by atoms with Crippen LogP contribution in [-0.2, 0) is 6.54 Å². The van der Waals surface area contributed by atoms with Gasteiger partial charge in [0.15, 0.2) is 12.2 Å². The number of fused-ring (bicyclic) bond motifs is 5. The largest absolute Gasteiger partial charge is 0.238 e. The molecule has 0 saturated carbocycles. The lowest BCUT2D eigenvalue weighted by Crippen LogP contribution is -2.36. The van der Waals surface area contributed by atoms with Gasteiger partial charge in [0, 0.05) is 0 Å². The van der Waals surface area contributed by atoms with Crippen LogP contribution in [0.1, 0.15) is 27.8 Å². The molecule has 0 spiro atoms. The second-order valence-corrected chi connectivity index (χ2v) is 6.15. The Morgan fingerprint density at radius 3 is 2.70 bits per heavy atom. The van der Waals surface area contributed by atoms with Gasteiger partial charge in [-0.2, -0.15) is 5.26 Å². The van der Waals surface area contributed by atoms with Gasteiger partial charge >= 0.3 is 0 Å². The molecule has 0 unspecified atom stereocenters. The molecule has 2 heterocycles. The summed E-state index contributed by atoms with van der Waals surface area (Å²) in [4.78, 5) is 3.52. The van der Waals surface area contributed by atoms with Crippen molar-refractivity contribution in [2.24, 2.45) is 0 Å². The molecule has 1 aromatic heterocycles. The van der Waals surface area contributed by atoms with E-state index < -0.39 is 0 Å². The molecule has 1 aliphatic heterocycles. The van der Waals surface area contributed by atoms with Crippen LogP contribution in [0.5, 0.6) is 0 Å². The van der Waals surface area contributed by atoms with Crippen LogP contribution in [0, 0.1) is 38.7 Å². The molecular weight excluding hydrogens is 284 g/mol. The van der Waals surface area contributed by atoms with E-state index >= 15 is 0 Å². The van der Waals surface area contributed by atoms with E-state index in [0.29, 0.717) is 11.3 Å². The number of rotatable bonds is 0. The Balaban J connectivity index is 2.15. The average Bonchev–Trinajstić information content (AvgIpc) is 3.08. The molecule has 110 valence electrons. The minimum Gasteiger partial charge on any atom is -0.238 e. The highest BCUT2D eigenvalue weighted by atomic mass is 15.4. The van der Waals surface area contributed by atoms with Gasteiger partial charge in [0.25, 0.3) is 0 Å². The van der Waals surface area contributed by atoms with Crippen molar-refractivity contribution in [3.05, 3.63) is 63.6 Å². The fourth-order valence-electron chi connectivity index (χ4n) is 3.61. The fraction of sp³-hybridized carbons (Fsp3) is 0.211. The van der Waals surface area contributed by atoms with E-state index in [9.17, 15) is 5.26 Å². The van der Waals surface area contributed by atoms with Crippen LogP contribution in [0.2, 0.25) is 0 Å². The minimum absolute atomic E-state index is 0.505. The van der Waals surface area contributed by atoms with Gasteiger partial charge in [0.05, 0.1) is 29.2 Å². The highest BCUT2D eigenvalue weighted by Gasteiger charge is 2.32. The van der Waals surface area contributed by atoms with E-state index in [1.807, 2.05) is 12.3 Å². The normalized spacial score (nSPS) is 11.9. The SMILES string of the molecule is [C-]#[N+]c1cc(C#N)c2c[n+]3n(c2c1)-c1c(C)cc(C)c(C)c1C3. The smallest absolute Gasteiger partial charge is 0.205 e. The van der Waals surface area contributed by atoms with Gasteiger partial charge < -0.3 is 0 Å². The number of hydrogen-bond acceptors (Lipinski definition) is 1. The first-order valence-corrected chi connectivity index (χ1v) is 7.52. The fourth-order valence-corrected chi connectivity index (χ4v) is 3.61. The Morgan fingerprint density at radius 2 is 2.00 bits per heavy atom. The summed E-state index contributed by atoms with van der Waals surface area (Å²) in [5.41, 5.74) is 8.36. The van der Waals surface area contributed by atoms with Crippen LogP contribution in [-0.4, -0.2) is 4.68 Å². The quantitative estimate of drug-likeness (QED) is 0.361. The Morgan fingerprint density at radius 1 is 1.22 bits per heavy atom. The summed E-state index contributed by atoms with van der Waals surface area (Å²) in [6.07, 6.45) is 2.02. The van der Waals surface area contributed by atoms with E-state index in [0.717, 1.165) is 17.4 Å². The van der Waals surface area contributed by atoms with Gasteiger partial charge in [-0.15, -0.1) is 9.36 Å². The van der Waals surface area contributed by atoms with Crippen molar-refractivity contribution in [3.8, 4) is 11.8 Å². The first kappa shape index (κ1) is 13.5. The van der Waals surface area contributed by atoms with Crippen LogP contribution in [0.4, 0.5) is 5.69 Å². The van der Waals surface area contributed by atoms with Crippen LogP contribution >= 0.6 is 0 Å². The number of aromatic nitrogens is 2. The molecule has 4 rings (SSSR count). The molecule has 0 fully saturated rings. The summed E-state index contributed by atoms with van der Waals surface area (Å²) >= 11 is 0. The Labute approximate surface area is 134 Å². The molecular formula is C19H15N4+. The zero-order valence-electron chi connectivity index (χ0n) is 13.3. The number of benzene rings is 2. The summed E-state index contributed by atoms with van der Waals surface area (Å²) < 4.78 is 4.30. The third-order valence-electron chi connectivity index (χ3n) is 4.82. The number of hydrogen-bond donors (Lipinski definition) is 0. The molecule has 1 aliphatic rings. The van der Waals surface area contributed by atoms with Crippen molar-refractivity contribution in [1.29, 1.82) is 5.26 Å². The predicted molar refractivity (Wildman–Crippen MR) is 87.8 cm³/mol. The minimum atomic E-state index is 0.505. The molecule has 0 atom stereocenters. The van der Waals surface area contributed by atoms with E-state index in [-0.39, 0.29) is 0 Å². The monoisotopic (exact) mass is 299 g/mol. The number of aryl methyl sites for hydroxylation is 2. The molecule has 23 heavy (non-hydrogen) atoms. The average molecular weight is 299 g/mol. The Hall–Kier alpha value is -3.11. The molecule has 3 aromatic rings. The zero-order valence-corrected chi connectivity index (χ0v) is 13.3. The lowest BCUT2D eigenvalue weighted by molar-refractivity contribution is -0.749. The molecule has 0 bridgehead atoms. The van der Waals surface area contributed by atoms with Crippen molar-refractivity contribution in [2.45, 2.75) is 27.3 Å². The summed E-state index contributed by atoms with van der Waals surface area (Å²) in [6, 6.07) is 7.98. The lowest BCUT2D eigenvalue weighted by Gasteiger charge is -2.08. The molecule has 0 saturated heterocycles. The topological polar surface area (TPSA) is 37.0 Å². The molecule has 0 N–H and O–H groups in total. The zero-order chi connectivity index (χ0) is 16.3. The van der Waals surface area contributed by atoms with Crippen LogP contribution in [0.3, 0.4) is 0 Å². The van der Waals surface area contributed by atoms with Gasteiger partial charge in [-0.3, -0.25) is 0 Å². The highest BCUT2D eigenvalue weighted by molar-refractivity contribution is 5.89. The van der Waals surface area contributed by atoms with E-state index in [1.165, 1.54) is 27.9 Å². The summed E-state index contributed by atoms with van der Waals surface area (Å²) in [5.74, 6) is 0. The van der Waals surface area contributed by atoms with Crippen molar-refractivity contribution in [3.63, 3.8) is 0 Å². The van der Waals surface area contributed by atoms with E-state index in [4.69, 9.17) is 6.57 Å². The Bertz CT molecular complexity index is 1090. The second kappa shape index (κ2) is 4.44. The molecule has 0 amide bonds. The van der Waals surface area contributed by atoms with Crippen molar-refractivity contribution in [1.82, 2.24) is 4.68 Å². The van der Waals surface area contributed by atoms with Crippen LogP contribution in [0.15, 0.2) is 24.4 Å².